The summed E-state index contributed by atoms with van der Waals surface area (Å²) in [5.41, 5.74) is 1.66. The van der Waals surface area contributed by atoms with E-state index in [1.807, 2.05) is 24.3 Å². The van der Waals surface area contributed by atoms with Crippen molar-refractivity contribution in [3.05, 3.63) is 75.8 Å². The molecule has 4 rings (SSSR count). The number of nitrogens with one attached hydrogen (secondary N) is 1. The first-order valence-electron chi connectivity index (χ1n) is 9.51. The predicted octanol–water partition coefficient (Wildman–Crippen LogP) is 2.63. The smallest absolute Gasteiger partial charge is 0.254 e. The third-order valence-corrected chi connectivity index (χ3v) is 5.26. The zero-order valence-electron chi connectivity index (χ0n) is 16.2. The number of aromatic amines is 1. The van der Waals surface area contributed by atoms with Crippen molar-refractivity contribution in [2.75, 3.05) is 33.3 Å². The van der Waals surface area contributed by atoms with Crippen LogP contribution in [0.3, 0.4) is 0 Å². The Bertz CT molecular complexity index is 1100. The maximum atomic E-state index is 13.9. The van der Waals surface area contributed by atoms with E-state index >= 15 is 0 Å². The molecule has 0 aliphatic carbocycles. The van der Waals surface area contributed by atoms with Gasteiger partial charge in [-0.3, -0.25) is 14.5 Å². The number of carbonyl (C=O) groups excluding carboxylic acids is 1. The quantitative estimate of drug-likeness (QED) is 0.738. The molecule has 150 valence electrons. The summed E-state index contributed by atoms with van der Waals surface area (Å²) in [4.78, 5) is 31.7. The van der Waals surface area contributed by atoms with Crippen LogP contribution in [0.25, 0.3) is 10.9 Å². The average Bonchev–Trinajstić information content (AvgIpc) is 2.73. The Morgan fingerprint density at radius 1 is 1.10 bits per heavy atom. The van der Waals surface area contributed by atoms with Crippen molar-refractivity contribution in [1.29, 1.82) is 0 Å². The van der Waals surface area contributed by atoms with Crippen molar-refractivity contribution in [3.8, 4) is 5.75 Å². The lowest BCUT2D eigenvalue weighted by molar-refractivity contribution is 0.0630. The van der Waals surface area contributed by atoms with Crippen molar-refractivity contribution in [2.24, 2.45) is 0 Å². The molecule has 0 atom stereocenters. The van der Waals surface area contributed by atoms with Crippen LogP contribution < -0.4 is 10.3 Å². The monoisotopic (exact) mass is 395 g/mol. The second-order valence-corrected chi connectivity index (χ2v) is 7.13. The molecule has 0 radical (unpaired) electrons. The van der Waals surface area contributed by atoms with Gasteiger partial charge in [0.2, 0.25) is 5.56 Å². The topological polar surface area (TPSA) is 65.6 Å². The van der Waals surface area contributed by atoms with Crippen LogP contribution in [-0.2, 0) is 6.54 Å². The van der Waals surface area contributed by atoms with E-state index in [0.717, 1.165) is 10.9 Å². The molecule has 29 heavy (non-hydrogen) atoms. The number of para-hydroxylation sites is 1. The van der Waals surface area contributed by atoms with Crippen LogP contribution in [0.2, 0.25) is 0 Å². The number of halogens is 1. The molecule has 0 unspecified atom stereocenters. The van der Waals surface area contributed by atoms with Gasteiger partial charge in [0.05, 0.1) is 12.7 Å². The molecule has 7 heteroatoms. The van der Waals surface area contributed by atoms with Gasteiger partial charge in [-0.2, -0.15) is 0 Å². The highest BCUT2D eigenvalue weighted by Gasteiger charge is 2.24. The third-order valence-electron chi connectivity index (χ3n) is 5.26. The number of hydrogen-bond acceptors (Lipinski definition) is 4. The van der Waals surface area contributed by atoms with Crippen molar-refractivity contribution in [1.82, 2.24) is 14.8 Å². The van der Waals surface area contributed by atoms with E-state index in [1.54, 1.807) is 17.0 Å². The van der Waals surface area contributed by atoms with Crippen molar-refractivity contribution in [3.63, 3.8) is 0 Å². The predicted molar refractivity (Wildman–Crippen MR) is 109 cm³/mol. The van der Waals surface area contributed by atoms with Crippen LogP contribution in [0.1, 0.15) is 15.9 Å². The molecular weight excluding hydrogens is 373 g/mol. The lowest BCUT2D eigenvalue weighted by Crippen LogP contribution is -2.48. The maximum absolute atomic E-state index is 13.9. The highest BCUT2D eigenvalue weighted by atomic mass is 19.1. The summed E-state index contributed by atoms with van der Waals surface area (Å²) in [7, 11) is 1.44. The van der Waals surface area contributed by atoms with Crippen LogP contribution >= 0.6 is 0 Å². The summed E-state index contributed by atoms with van der Waals surface area (Å²) in [5, 5.41) is 0.744. The summed E-state index contributed by atoms with van der Waals surface area (Å²) in [6.45, 7) is 3.08. The number of H-pyrrole nitrogens is 1. The Hall–Kier alpha value is -3.19. The molecule has 1 amide bonds. The van der Waals surface area contributed by atoms with Crippen LogP contribution in [0.4, 0.5) is 4.39 Å². The minimum atomic E-state index is -0.375. The molecular formula is C22H22FN3O3. The van der Waals surface area contributed by atoms with Gasteiger partial charge >= 0.3 is 0 Å². The summed E-state index contributed by atoms with van der Waals surface area (Å²) < 4.78 is 18.9. The molecule has 3 aromatic rings. The van der Waals surface area contributed by atoms with Crippen LogP contribution in [-0.4, -0.2) is 54.0 Å². The molecule has 0 spiro atoms. The van der Waals surface area contributed by atoms with Gasteiger partial charge in [-0.15, -0.1) is 0 Å². The van der Waals surface area contributed by atoms with Crippen LogP contribution in [0.5, 0.6) is 5.75 Å². The Labute approximate surface area is 167 Å². The lowest BCUT2D eigenvalue weighted by Gasteiger charge is -2.35. The third kappa shape index (κ3) is 4.00. The van der Waals surface area contributed by atoms with Crippen LogP contribution in [0, 0.1) is 5.82 Å². The molecule has 1 saturated heterocycles. The Morgan fingerprint density at radius 3 is 2.59 bits per heavy atom. The average molecular weight is 395 g/mol. The van der Waals surface area contributed by atoms with Gasteiger partial charge < -0.3 is 14.6 Å². The summed E-state index contributed by atoms with van der Waals surface area (Å²) in [5.74, 6) is -0.281. The second kappa shape index (κ2) is 8.05. The summed E-state index contributed by atoms with van der Waals surface area (Å²) >= 11 is 0. The van der Waals surface area contributed by atoms with E-state index in [2.05, 4.69) is 9.88 Å². The van der Waals surface area contributed by atoms with Gasteiger partial charge in [0.15, 0.2) is 11.6 Å². The maximum Gasteiger partial charge on any atom is 0.254 e. The molecule has 1 aliphatic rings. The number of nitrogens with zero attached hydrogens (tertiary/aromatic N) is 2. The van der Waals surface area contributed by atoms with Gasteiger partial charge in [-0.25, -0.2) is 4.39 Å². The van der Waals surface area contributed by atoms with E-state index in [0.29, 0.717) is 43.8 Å². The number of methoxy groups -OCH3 is 1. The van der Waals surface area contributed by atoms with E-state index in [-0.39, 0.29) is 23.0 Å². The molecule has 6 nitrogen and oxygen atoms in total. The van der Waals surface area contributed by atoms with Crippen molar-refractivity contribution in [2.45, 2.75) is 6.54 Å². The normalized spacial score (nSPS) is 14.9. The number of amides is 1. The fourth-order valence-electron chi connectivity index (χ4n) is 3.73. The number of hydrogen-bond donors (Lipinski definition) is 1. The summed E-state index contributed by atoms with van der Waals surface area (Å²) in [6, 6.07) is 13.6. The van der Waals surface area contributed by atoms with E-state index < -0.39 is 0 Å². The number of aromatic nitrogens is 1. The number of piperazine rings is 1. The first-order chi connectivity index (χ1) is 14.0. The highest BCUT2D eigenvalue weighted by Crippen LogP contribution is 2.20. The zero-order chi connectivity index (χ0) is 20.4. The summed E-state index contributed by atoms with van der Waals surface area (Å²) in [6.07, 6.45) is 0. The standard InChI is InChI=1S/C22H22FN3O3/c1-29-20-7-6-15(12-18(20)23)14-25-8-10-26(11-9-25)22(28)17-13-21(27)24-19-5-3-2-4-16(17)19/h2-7,12-13H,8-11,14H2,1H3,(H,24,27). The Kier molecular flexibility index (Phi) is 5.31. The van der Waals surface area contributed by atoms with Crippen molar-refractivity contribution >= 4 is 16.8 Å². The number of pyridine rings is 1. The van der Waals surface area contributed by atoms with Gasteiger partial charge in [-0.1, -0.05) is 24.3 Å². The van der Waals surface area contributed by atoms with E-state index in [9.17, 15) is 14.0 Å². The molecule has 1 N–H and O–H groups in total. The van der Waals surface area contributed by atoms with E-state index in [4.69, 9.17) is 4.74 Å². The molecule has 1 aromatic heterocycles. The number of ether oxygens (including phenoxy) is 1. The number of carbonyl (C=O) groups is 1. The molecule has 0 saturated carbocycles. The Balaban J connectivity index is 1.44. The molecule has 2 heterocycles. The molecule has 0 bridgehead atoms. The molecule has 1 fully saturated rings. The van der Waals surface area contributed by atoms with Gasteiger partial charge in [-0.05, 0) is 23.8 Å². The minimum absolute atomic E-state index is 0.137. The molecule has 2 aromatic carbocycles. The second-order valence-electron chi connectivity index (χ2n) is 7.13. The number of benzene rings is 2. The van der Waals surface area contributed by atoms with Gasteiger partial charge in [0.1, 0.15) is 0 Å². The Morgan fingerprint density at radius 2 is 1.86 bits per heavy atom. The largest absolute Gasteiger partial charge is 0.494 e. The first kappa shape index (κ1) is 19.1. The van der Waals surface area contributed by atoms with Gasteiger partial charge in [0.25, 0.3) is 5.91 Å². The zero-order valence-corrected chi connectivity index (χ0v) is 16.2. The number of rotatable bonds is 4. The fourth-order valence-corrected chi connectivity index (χ4v) is 3.73. The molecule has 1 aliphatic heterocycles. The SMILES string of the molecule is COc1ccc(CN2CCN(C(=O)c3cc(=O)[nH]c4ccccc34)CC2)cc1F. The number of fused-ring (bicyclic) bond motifs is 1. The van der Waals surface area contributed by atoms with Crippen molar-refractivity contribution < 1.29 is 13.9 Å². The lowest BCUT2D eigenvalue weighted by atomic mass is 10.1. The fraction of sp³-hybridized carbons (Fsp3) is 0.273. The highest BCUT2D eigenvalue weighted by molar-refractivity contribution is 6.05. The first-order valence-corrected chi connectivity index (χ1v) is 9.51. The minimum Gasteiger partial charge on any atom is -0.494 e. The van der Waals surface area contributed by atoms with Crippen LogP contribution in [0.15, 0.2) is 53.3 Å². The van der Waals surface area contributed by atoms with Gasteiger partial charge in [0, 0.05) is 49.7 Å². The van der Waals surface area contributed by atoms with E-state index in [1.165, 1.54) is 19.2 Å².